The van der Waals surface area contributed by atoms with Gasteiger partial charge in [0, 0.05) is 52.0 Å². The van der Waals surface area contributed by atoms with Crippen LogP contribution in [0.15, 0.2) is 47.7 Å². The fourth-order valence-corrected chi connectivity index (χ4v) is 10.2. The van der Waals surface area contributed by atoms with Crippen LogP contribution in [-0.4, -0.2) is 114 Å². The van der Waals surface area contributed by atoms with E-state index in [0.717, 1.165) is 76.9 Å². The summed E-state index contributed by atoms with van der Waals surface area (Å²) in [7, 11) is 1.66. The second-order valence-electron chi connectivity index (χ2n) is 17.4. The molecule has 63 heavy (non-hydrogen) atoms. The smallest absolute Gasteiger partial charge is 0.329 e. The number of likely N-dealkylation sites (tertiary alicyclic amines) is 1. The van der Waals surface area contributed by atoms with Gasteiger partial charge in [-0.2, -0.15) is 10.2 Å². The summed E-state index contributed by atoms with van der Waals surface area (Å²) in [6.07, 6.45) is 8.73. The summed E-state index contributed by atoms with van der Waals surface area (Å²) < 4.78 is 46.5. The van der Waals surface area contributed by atoms with Crippen LogP contribution in [0.25, 0.3) is 16.7 Å². The highest BCUT2D eigenvalue weighted by Gasteiger charge is 2.40. The van der Waals surface area contributed by atoms with Crippen molar-refractivity contribution < 1.29 is 32.6 Å². The second-order valence-corrected chi connectivity index (χ2v) is 17.4. The molecule has 5 fully saturated rings. The van der Waals surface area contributed by atoms with Crippen LogP contribution >= 0.6 is 0 Å². The van der Waals surface area contributed by atoms with E-state index in [2.05, 4.69) is 42.5 Å². The Labute approximate surface area is 360 Å². The highest BCUT2D eigenvalue weighted by Crippen LogP contribution is 2.36. The van der Waals surface area contributed by atoms with Crippen LogP contribution < -0.4 is 21.2 Å². The Balaban J connectivity index is 0.700. The van der Waals surface area contributed by atoms with Crippen molar-refractivity contribution in [2.24, 2.45) is 13.0 Å². The van der Waals surface area contributed by atoms with E-state index in [9.17, 15) is 28.0 Å². The number of anilines is 2. The van der Waals surface area contributed by atoms with Gasteiger partial charge in [0.05, 0.1) is 59.4 Å². The minimum atomic E-state index is -2.86. The first-order valence-corrected chi connectivity index (χ1v) is 21.9. The van der Waals surface area contributed by atoms with Crippen molar-refractivity contribution in [2.45, 2.75) is 94.5 Å². The number of para-hydroxylation sites is 1. The molecule has 0 spiro atoms. The number of carbonyl (C=O) groups excluding carboxylic acids is 3. The standard InChI is InChI=1S/C44H49F2N11O6/c1-52-39-27(4-2-6-34(39)57(44(52)61)35-11-12-37(58)50-43(35)60)5-3-19-62-30-13-16-53(17-14-30)22-26-7-9-28(10-8-26)56-24-33(38(51-56)40(45)46)48-42(59)32-21-47-55-18-15-36(49-41(32)55)54-23-31-20-29(54)25-63-31/h2,4,6,15,18,21,24,26,28-31,35,40H,7-14,16-17,19-20,22-23,25H2,1H3,(H,48,59)(H,50,58,60)/t26-,28-,29?,31?,35?. The van der Waals surface area contributed by atoms with Crippen LogP contribution in [0.2, 0.25) is 0 Å². The van der Waals surface area contributed by atoms with Crippen LogP contribution in [-0.2, 0) is 26.1 Å². The number of ether oxygens (including phenoxy) is 2. The molecule has 4 aliphatic heterocycles. The number of morpholine rings is 1. The number of rotatable bonds is 10. The summed E-state index contributed by atoms with van der Waals surface area (Å²) in [4.78, 5) is 60.5. The van der Waals surface area contributed by atoms with Gasteiger partial charge in [-0.25, -0.2) is 23.1 Å². The Morgan fingerprint density at radius 3 is 2.63 bits per heavy atom. The molecule has 2 bridgehead atoms. The molecular formula is C44H49F2N11O6. The average Bonchev–Trinajstić information content (AvgIpc) is 4.13. The lowest BCUT2D eigenvalue weighted by Crippen LogP contribution is -2.44. The minimum Gasteiger partial charge on any atom is -0.374 e. The number of hydrogen-bond donors (Lipinski definition) is 2. The molecule has 1 saturated carbocycles. The predicted octanol–water partition coefficient (Wildman–Crippen LogP) is 3.99. The van der Waals surface area contributed by atoms with Crippen molar-refractivity contribution in [1.29, 1.82) is 0 Å². The number of nitrogens with zero attached hydrogens (tertiary/aromatic N) is 9. The quantitative estimate of drug-likeness (QED) is 0.154. The molecule has 10 rings (SSSR count). The van der Waals surface area contributed by atoms with Crippen LogP contribution in [0.5, 0.6) is 0 Å². The molecule has 8 heterocycles. The van der Waals surface area contributed by atoms with Crippen molar-refractivity contribution in [3.63, 3.8) is 0 Å². The summed E-state index contributed by atoms with van der Waals surface area (Å²) >= 11 is 0. The fourth-order valence-electron chi connectivity index (χ4n) is 10.2. The maximum Gasteiger partial charge on any atom is 0.329 e. The van der Waals surface area contributed by atoms with Gasteiger partial charge in [0.25, 0.3) is 12.3 Å². The number of amides is 3. The molecule has 0 radical (unpaired) electrons. The highest BCUT2D eigenvalue weighted by molar-refractivity contribution is 6.08. The van der Waals surface area contributed by atoms with Crippen molar-refractivity contribution in [2.75, 3.05) is 49.6 Å². The first kappa shape index (κ1) is 41.1. The van der Waals surface area contributed by atoms with E-state index in [-0.39, 0.29) is 66.6 Å². The number of halogens is 2. The summed E-state index contributed by atoms with van der Waals surface area (Å²) in [5.74, 6) is 6.11. The Bertz CT molecular complexity index is 2700. The number of benzene rings is 1. The Hall–Kier alpha value is -5.97. The van der Waals surface area contributed by atoms with E-state index in [0.29, 0.717) is 34.8 Å². The van der Waals surface area contributed by atoms with E-state index >= 15 is 0 Å². The number of hydrogen-bond acceptors (Lipinski definition) is 11. The van der Waals surface area contributed by atoms with Gasteiger partial charge in [-0.3, -0.25) is 33.5 Å². The zero-order valence-corrected chi connectivity index (χ0v) is 34.9. The molecule has 1 aliphatic carbocycles. The molecule has 3 atom stereocenters. The van der Waals surface area contributed by atoms with Crippen molar-refractivity contribution >= 4 is 45.9 Å². The molecule has 5 aliphatic rings. The highest BCUT2D eigenvalue weighted by atomic mass is 19.3. The summed E-state index contributed by atoms with van der Waals surface area (Å²) in [5.41, 5.74) is 1.62. The molecule has 5 aromatic rings. The van der Waals surface area contributed by atoms with Gasteiger partial charge >= 0.3 is 5.69 Å². The number of alkyl halides is 2. The molecule has 3 amide bonds. The first-order chi connectivity index (χ1) is 30.6. The third-order valence-electron chi connectivity index (χ3n) is 13.5. The van der Waals surface area contributed by atoms with Crippen molar-refractivity contribution in [3.8, 4) is 11.8 Å². The molecule has 17 nitrogen and oxygen atoms in total. The van der Waals surface area contributed by atoms with Gasteiger partial charge < -0.3 is 24.6 Å². The first-order valence-electron chi connectivity index (χ1n) is 21.9. The Morgan fingerprint density at radius 1 is 1.06 bits per heavy atom. The van der Waals surface area contributed by atoms with E-state index in [4.69, 9.17) is 14.5 Å². The fraction of sp³-hybridized carbons (Fsp3) is 0.523. The van der Waals surface area contributed by atoms with E-state index < -0.39 is 30.0 Å². The molecule has 4 saturated heterocycles. The maximum atomic E-state index is 14.3. The topological polar surface area (TPSA) is 175 Å². The van der Waals surface area contributed by atoms with Gasteiger partial charge in [0.2, 0.25) is 11.8 Å². The van der Waals surface area contributed by atoms with Crippen LogP contribution in [0.4, 0.5) is 20.3 Å². The van der Waals surface area contributed by atoms with E-state index in [1.54, 1.807) is 24.0 Å². The summed E-state index contributed by atoms with van der Waals surface area (Å²) in [6.45, 7) is 4.40. The third-order valence-corrected chi connectivity index (χ3v) is 13.5. The average molecular weight is 866 g/mol. The molecular weight excluding hydrogens is 817 g/mol. The van der Waals surface area contributed by atoms with Gasteiger partial charge in [-0.05, 0) is 75.5 Å². The number of aryl methyl sites for hydroxylation is 1. The lowest BCUT2D eigenvalue weighted by molar-refractivity contribution is -0.135. The van der Waals surface area contributed by atoms with Gasteiger partial charge in [0.15, 0.2) is 11.3 Å². The Morgan fingerprint density at radius 2 is 1.89 bits per heavy atom. The second kappa shape index (κ2) is 17.0. The summed E-state index contributed by atoms with van der Waals surface area (Å²) in [5, 5.41) is 13.6. The number of nitrogens with one attached hydrogen (secondary N) is 2. The van der Waals surface area contributed by atoms with Crippen LogP contribution in [0.3, 0.4) is 0 Å². The van der Waals surface area contributed by atoms with Crippen LogP contribution in [0, 0.1) is 17.8 Å². The monoisotopic (exact) mass is 865 g/mol. The number of aromatic nitrogens is 7. The molecule has 2 N–H and O–H groups in total. The van der Waals surface area contributed by atoms with Crippen LogP contribution in [0.1, 0.15) is 97.9 Å². The normalized spacial score (nSPS) is 24.4. The van der Waals surface area contributed by atoms with Gasteiger partial charge in [-0.1, -0.05) is 17.9 Å². The van der Waals surface area contributed by atoms with Crippen molar-refractivity contribution in [3.05, 3.63) is 70.2 Å². The molecule has 4 aromatic heterocycles. The SMILES string of the molecule is Cn1c(=O)n(C2CCC(=O)NC2=O)c2cccc(C#CCOC3CCN(C[C@H]4CC[C@H](n5cc(NC(=O)c6cnn7ccc(N8CC9CC8CO9)nc67)c(C(F)F)n5)CC4)CC3)c21. The zero-order valence-electron chi connectivity index (χ0n) is 34.9. The number of piperidine rings is 2. The minimum absolute atomic E-state index is 0.0104. The summed E-state index contributed by atoms with van der Waals surface area (Å²) in [6, 6.07) is 6.73. The third kappa shape index (κ3) is 8.00. The Kier molecular flexibility index (Phi) is 11.1. The lowest BCUT2D eigenvalue weighted by atomic mass is 9.85. The van der Waals surface area contributed by atoms with Gasteiger partial charge in [0.1, 0.15) is 24.0 Å². The maximum absolute atomic E-state index is 14.3. The largest absolute Gasteiger partial charge is 0.374 e. The number of carbonyl (C=O) groups is 3. The van der Waals surface area contributed by atoms with Crippen molar-refractivity contribution in [1.82, 2.24) is 43.7 Å². The number of imidazole rings is 1. The van der Waals surface area contributed by atoms with E-state index in [1.807, 2.05) is 18.2 Å². The van der Waals surface area contributed by atoms with Gasteiger partial charge in [-0.15, -0.1) is 0 Å². The number of fused-ring (bicyclic) bond motifs is 4. The molecule has 1 aromatic carbocycles. The molecule has 3 unspecified atom stereocenters. The number of imide groups is 1. The zero-order chi connectivity index (χ0) is 43.4. The lowest BCUT2D eigenvalue weighted by Gasteiger charge is -2.36. The van der Waals surface area contributed by atoms with E-state index in [1.165, 1.54) is 26.0 Å². The molecule has 19 heteroatoms. The predicted molar refractivity (Wildman–Crippen MR) is 226 cm³/mol. The molecule has 330 valence electrons.